The molecular weight excluding hydrogens is 613 g/mol. The third-order valence-corrected chi connectivity index (χ3v) is 5.92. The van der Waals surface area contributed by atoms with Crippen molar-refractivity contribution in [3.05, 3.63) is 95.8 Å². The molecule has 0 radical (unpaired) electrons. The maximum absolute atomic E-state index is 11.2. The SMILES string of the molecule is C=C(F)CC.C=CCC.CCC.CCC(F)F.CCC1CC1.CCCC.CCCOC.CCc1ccccc1.Cc1ccccc1Cl. The zero-order valence-electron chi connectivity index (χ0n) is 32.7. The van der Waals surface area contributed by atoms with Crippen molar-refractivity contribution in [3.8, 4) is 0 Å². The molecule has 1 aliphatic carbocycles. The first kappa shape index (κ1) is 57.2. The molecule has 0 heterocycles. The zero-order chi connectivity index (χ0) is 37.7. The van der Waals surface area contributed by atoms with Gasteiger partial charge in [-0.1, -0.05) is 181 Å². The van der Waals surface area contributed by atoms with Crippen molar-refractivity contribution in [2.75, 3.05) is 13.7 Å². The summed E-state index contributed by atoms with van der Waals surface area (Å²) < 4.78 is 37.5. The third kappa shape index (κ3) is 75.8. The number of ether oxygens (including phenoxy) is 1. The molecule has 1 aliphatic rings. The molecule has 0 amide bonds. The summed E-state index contributed by atoms with van der Waals surface area (Å²) in [4.78, 5) is 0. The largest absolute Gasteiger partial charge is 0.385 e. The van der Waals surface area contributed by atoms with Crippen molar-refractivity contribution in [3.63, 3.8) is 0 Å². The standard InChI is InChI=1S/C8H10.C7H7Cl.C5H10.C4H7F.C4H10O.C4H10.C4H8.C3H6F2.C3H8/c1-2-8-6-4-3-5-7-8;1-6-4-2-3-5-7(6)8;1-2-5-3-4-5;1-3-4(2)5;1-3-4-5-2;2*1-3-4-2;1-2-3(4)5;1-3-2/h3-7H,2H2,1H3;2-5H,1H3;5H,2-4H2,1H3;2-3H2,1H3;3-4H2,1-2H3;3-4H2,1-2H3;3H,1,4H2,2H3;3H,2H2,1H3;3H2,1-2H3. The Balaban J connectivity index is -0.000000103. The number of aryl methyl sites for hydroxylation is 2. The molecule has 0 saturated heterocycles. The number of hydrogen-bond donors (Lipinski definition) is 0. The van der Waals surface area contributed by atoms with Crippen molar-refractivity contribution < 1.29 is 17.9 Å². The smallest absolute Gasteiger partial charge is 0.238 e. The maximum Gasteiger partial charge on any atom is 0.238 e. The van der Waals surface area contributed by atoms with Crippen LogP contribution in [-0.4, -0.2) is 20.1 Å². The quantitative estimate of drug-likeness (QED) is 0.251. The highest BCUT2D eigenvalue weighted by molar-refractivity contribution is 6.31. The summed E-state index contributed by atoms with van der Waals surface area (Å²) in [5.74, 6) is 0.889. The van der Waals surface area contributed by atoms with Gasteiger partial charge < -0.3 is 4.74 Å². The third-order valence-electron chi connectivity index (χ3n) is 5.49. The van der Waals surface area contributed by atoms with Gasteiger partial charge in [-0.3, -0.25) is 0 Å². The normalized spacial score (nSPS) is 9.89. The number of alkyl halides is 2. The van der Waals surface area contributed by atoms with Gasteiger partial charge in [0.05, 0.1) is 5.83 Å². The van der Waals surface area contributed by atoms with E-state index in [1.165, 1.54) is 51.0 Å². The molecule has 5 heteroatoms. The van der Waals surface area contributed by atoms with Gasteiger partial charge in [0.25, 0.3) is 0 Å². The fourth-order valence-corrected chi connectivity index (χ4v) is 2.13. The van der Waals surface area contributed by atoms with Gasteiger partial charge in [0.15, 0.2) is 0 Å². The van der Waals surface area contributed by atoms with E-state index in [0.29, 0.717) is 6.42 Å². The molecule has 47 heavy (non-hydrogen) atoms. The number of rotatable bonds is 8. The molecule has 278 valence electrons. The Morgan fingerprint density at radius 2 is 1.26 bits per heavy atom. The summed E-state index contributed by atoms with van der Waals surface area (Å²) >= 11 is 5.71. The van der Waals surface area contributed by atoms with Gasteiger partial charge in [-0.2, -0.15) is 0 Å². The number of halogens is 4. The fourth-order valence-electron chi connectivity index (χ4n) is 1.99. The summed E-state index contributed by atoms with van der Waals surface area (Å²) in [7, 11) is 1.71. The highest BCUT2D eigenvalue weighted by Gasteiger charge is 2.17. The van der Waals surface area contributed by atoms with Gasteiger partial charge in [0.2, 0.25) is 6.43 Å². The molecule has 1 fully saturated rings. The molecule has 0 spiro atoms. The molecule has 1 nitrogen and oxygen atoms in total. The Bertz CT molecular complexity index is 782. The molecule has 0 N–H and O–H groups in total. The minimum Gasteiger partial charge on any atom is -0.385 e. The Morgan fingerprint density at radius 3 is 1.38 bits per heavy atom. The van der Waals surface area contributed by atoms with Gasteiger partial charge in [0, 0.05) is 25.2 Å². The van der Waals surface area contributed by atoms with E-state index in [-0.39, 0.29) is 12.2 Å². The molecule has 1 saturated carbocycles. The van der Waals surface area contributed by atoms with E-state index in [4.69, 9.17) is 16.3 Å². The van der Waals surface area contributed by atoms with Crippen LogP contribution in [-0.2, 0) is 11.2 Å². The van der Waals surface area contributed by atoms with Gasteiger partial charge in [-0.15, -0.1) is 6.58 Å². The Labute approximate surface area is 297 Å². The number of allylic oxidation sites excluding steroid dienone is 2. The summed E-state index contributed by atoms with van der Waals surface area (Å²) in [6.07, 6.45) is 11.8. The van der Waals surface area contributed by atoms with Crippen LogP contribution in [0.4, 0.5) is 13.2 Å². The van der Waals surface area contributed by atoms with Crippen LogP contribution in [0.5, 0.6) is 0 Å². The van der Waals surface area contributed by atoms with E-state index in [9.17, 15) is 13.2 Å². The molecular formula is C42H76ClF3O. The first-order chi connectivity index (χ1) is 22.4. The van der Waals surface area contributed by atoms with E-state index in [2.05, 4.69) is 92.8 Å². The van der Waals surface area contributed by atoms with Crippen LogP contribution < -0.4 is 0 Å². The Morgan fingerprint density at radius 1 is 0.851 bits per heavy atom. The molecule has 2 aromatic carbocycles. The van der Waals surface area contributed by atoms with Crippen LogP contribution in [0.15, 0.2) is 79.7 Å². The lowest BCUT2D eigenvalue weighted by atomic mass is 10.2. The summed E-state index contributed by atoms with van der Waals surface area (Å²) in [5, 5.41) is 0.840. The monoisotopic (exact) mass is 689 g/mol. The van der Waals surface area contributed by atoms with E-state index < -0.39 is 6.43 Å². The number of unbranched alkanes of at least 4 members (excludes halogenated alkanes) is 1. The molecule has 0 atom stereocenters. The first-order valence-electron chi connectivity index (χ1n) is 17.8. The van der Waals surface area contributed by atoms with Crippen LogP contribution in [0.1, 0.15) is 145 Å². The van der Waals surface area contributed by atoms with Crippen molar-refractivity contribution >= 4 is 11.6 Å². The Hall–Kier alpha value is -2.04. The zero-order valence-corrected chi connectivity index (χ0v) is 33.5. The van der Waals surface area contributed by atoms with Crippen LogP contribution in [0, 0.1) is 12.8 Å². The highest BCUT2D eigenvalue weighted by atomic mass is 35.5. The predicted molar refractivity (Wildman–Crippen MR) is 211 cm³/mol. The second kappa shape index (κ2) is 53.5. The van der Waals surface area contributed by atoms with Crippen molar-refractivity contribution in [2.45, 2.75) is 153 Å². The van der Waals surface area contributed by atoms with E-state index in [0.717, 1.165) is 42.4 Å². The first-order valence-corrected chi connectivity index (χ1v) is 18.2. The molecule has 0 aromatic heterocycles. The van der Waals surface area contributed by atoms with Gasteiger partial charge in [0.1, 0.15) is 0 Å². The molecule has 0 bridgehead atoms. The average Bonchev–Trinajstić information content (AvgIpc) is 3.94. The molecule has 0 aliphatic heterocycles. The molecule has 2 aromatic rings. The summed E-state index contributed by atoms with van der Waals surface area (Å²) in [6.45, 7) is 29.7. The van der Waals surface area contributed by atoms with E-state index in [1.54, 1.807) is 14.0 Å². The lowest BCUT2D eigenvalue weighted by Gasteiger charge is -1.90. The minimum absolute atomic E-state index is 0.0278. The predicted octanol–water partition coefficient (Wildman–Crippen LogP) is 16.1. The summed E-state index contributed by atoms with van der Waals surface area (Å²) in [5.41, 5.74) is 2.54. The summed E-state index contributed by atoms with van der Waals surface area (Å²) in [6, 6.07) is 18.2. The number of methoxy groups -OCH3 is 1. The second-order valence-electron chi connectivity index (χ2n) is 10.5. The van der Waals surface area contributed by atoms with Crippen LogP contribution >= 0.6 is 11.6 Å². The molecule has 3 rings (SSSR count). The van der Waals surface area contributed by atoms with Crippen LogP contribution in [0.2, 0.25) is 5.02 Å². The van der Waals surface area contributed by atoms with Gasteiger partial charge in [-0.25, -0.2) is 13.2 Å². The number of benzene rings is 2. The topological polar surface area (TPSA) is 9.23 Å². The average molecular weight is 690 g/mol. The lowest BCUT2D eigenvalue weighted by molar-refractivity contribution is 0.144. The van der Waals surface area contributed by atoms with Crippen LogP contribution in [0.3, 0.4) is 0 Å². The fraction of sp³-hybridized carbons (Fsp3) is 0.619. The lowest BCUT2D eigenvalue weighted by Crippen LogP contribution is -1.80. The second-order valence-corrected chi connectivity index (χ2v) is 10.9. The van der Waals surface area contributed by atoms with E-state index in [1.807, 2.05) is 43.3 Å². The maximum atomic E-state index is 11.2. The van der Waals surface area contributed by atoms with Crippen molar-refractivity contribution in [1.29, 1.82) is 0 Å². The number of hydrogen-bond acceptors (Lipinski definition) is 1. The molecule has 0 unspecified atom stereocenters. The Kier molecular flexibility index (Phi) is 65.1. The van der Waals surface area contributed by atoms with Gasteiger partial charge in [-0.05, 0) is 55.7 Å². The highest BCUT2D eigenvalue weighted by Crippen LogP contribution is 2.31. The van der Waals surface area contributed by atoms with E-state index >= 15 is 0 Å². The van der Waals surface area contributed by atoms with Crippen molar-refractivity contribution in [2.24, 2.45) is 5.92 Å². The van der Waals surface area contributed by atoms with Gasteiger partial charge >= 0.3 is 0 Å². The van der Waals surface area contributed by atoms with Crippen LogP contribution in [0.25, 0.3) is 0 Å². The minimum atomic E-state index is -2.12. The van der Waals surface area contributed by atoms with Crippen molar-refractivity contribution in [1.82, 2.24) is 0 Å².